The molecule has 1 fully saturated rings. The van der Waals surface area contributed by atoms with Crippen molar-refractivity contribution >= 4 is 29.1 Å². The molecule has 1 aliphatic heterocycles. The monoisotopic (exact) mass is 387 g/mol. The van der Waals surface area contributed by atoms with Crippen LogP contribution >= 0.6 is 11.6 Å². The van der Waals surface area contributed by atoms with Crippen LogP contribution in [-0.2, 0) is 9.59 Å². The van der Waals surface area contributed by atoms with Crippen LogP contribution in [0, 0.1) is 5.82 Å². The Morgan fingerprint density at radius 3 is 2.33 bits per heavy atom. The van der Waals surface area contributed by atoms with Crippen molar-refractivity contribution in [2.45, 2.75) is 25.8 Å². The molecule has 4 nitrogen and oxygen atoms in total. The largest absolute Gasteiger partial charge is 0.507 e. The molecule has 0 aliphatic carbocycles. The van der Waals surface area contributed by atoms with E-state index in [9.17, 15) is 19.1 Å². The Morgan fingerprint density at radius 2 is 1.74 bits per heavy atom. The SMILES string of the molecule is CCCCN1C(=O)C(=O)/C(=C(/O)c2ccc(Cl)cc2)[C@@H]1c1ccc(F)cc1. The average molecular weight is 388 g/mol. The third-order valence-electron chi connectivity index (χ3n) is 4.60. The molecule has 0 spiro atoms. The van der Waals surface area contributed by atoms with Gasteiger partial charge in [-0.3, -0.25) is 9.59 Å². The quantitative estimate of drug-likeness (QED) is 0.459. The number of aliphatic hydroxyl groups is 1. The maximum atomic E-state index is 13.4. The van der Waals surface area contributed by atoms with Crippen LogP contribution in [0.3, 0.4) is 0 Å². The van der Waals surface area contributed by atoms with Crippen LogP contribution in [0.2, 0.25) is 5.02 Å². The van der Waals surface area contributed by atoms with Crippen molar-refractivity contribution in [1.82, 2.24) is 4.90 Å². The van der Waals surface area contributed by atoms with E-state index in [0.717, 1.165) is 6.42 Å². The smallest absolute Gasteiger partial charge is 0.295 e. The summed E-state index contributed by atoms with van der Waals surface area (Å²) < 4.78 is 13.4. The molecule has 2 aromatic carbocycles. The fraction of sp³-hybridized carbons (Fsp3) is 0.238. The van der Waals surface area contributed by atoms with Crippen LogP contribution in [0.1, 0.15) is 36.9 Å². The zero-order valence-electron chi connectivity index (χ0n) is 14.8. The average Bonchev–Trinajstić information content (AvgIpc) is 2.91. The molecule has 1 aliphatic rings. The van der Waals surface area contributed by atoms with Gasteiger partial charge in [0.1, 0.15) is 11.6 Å². The van der Waals surface area contributed by atoms with Gasteiger partial charge in [-0.05, 0) is 48.4 Å². The molecular formula is C21H19ClFNO3. The third-order valence-corrected chi connectivity index (χ3v) is 4.85. The first kappa shape index (κ1) is 19.1. The zero-order valence-corrected chi connectivity index (χ0v) is 15.5. The summed E-state index contributed by atoms with van der Waals surface area (Å²) in [5.74, 6) is -2.08. The first-order valence-electron chi connectivity index (χ1n) is 8.74. The number of aliphatic hydroxyl groups excluding tert-OH is 1. The number of halogens is 2. The lowest BCUT2D eigenvalue weighted by Crippen LogP contribution is -2.30. The summed E-state index contributed by atoms with van der Waals surface area (Å²) in [6.07, 6.45) is 1.56. The number of unbranched alkanes of at least 4 members (excludes halogenated alkanes) is 1. The standard InChI is InChI=1S/C21H19ClFNO3/c1-2-3-12-24-18(13-6-10-16(23)11-7-13)17(20(26)21(24)27)19(25)14-4-8-15(22)9-5-14/h4-11,18,25H,2-3,12H2,1H3/b19-17+/t18-/m0/s1. The molecule has 6 heteroatoms. The van der Waals surface area contributed by atoms with E-state index in [-0.39, 0.29) is 11.3 Å². The molecular weight excluding hydrogens is 369 g/mol. The molecule has 0 bridgehead atoms. The normalized spacial score (nSPS) is 18.9. The molecule has 140 valence electrons. The van der Waals surface area contributed by atoms with Crippen molar-refractivity contribution in [2.75, 3.05) is 6.54 Å². The van der Waals surface area contributed by atoms with Gasteiger partial charge in [-0.15, -0.1) is 0 Å². The number of nitrogens with zero attached hydrogens (tertiary/aromatic N) is 1. The molecule has 1 saturated heterocycles. The highest BCUT2D eigenvalue weighted by molar-refractivity contribution is 6.46. The summed E-state index contributed by atoms with van der Waals surface area (Å²) in [4.78, 5) is 26.7. The Labute approximate surface area is 161 Å². The molecule has 0 saturated carbocycles. The minimum Gasteiger partial charge on any atom is -0.507 e. The predicted molar refractivity (Wildman–Crippen MR) is 102 cm³/mol. The second-order valence-corrected chi connectivity index (χ2v) is 6.84. The molecule has 1 N–H and O–H groups in total. The van der Waals surface area contributed by atoms with Gasteiger partial charge >= 0.3 is 0 Å². The van der Waals surface area contributed by atoms with Crippen LogP contribution in [0.4, 0.5) is 4.39 Å². The van der Waals surface area contributed by atoms with Crippen molar-refractivity contribution in [1.29, 1.82) is 0 Å². The number of hydrogen-bond acceptors (Lipinski definition) is 3. The van der Waals surface area contributed by atoms with Crippen LogP contribution in [0.25, 0.3) is 5.76 Å². The highest BCUT2D eigenvalue weighted by Crippen LogP contribution is 2.39. The van der Waals surface area contributed by atoms with Gasteiger partial charge in [0.2, 0.25) is 0 Å². The predicted octanol–water partition coefficient (Wildman–Crippen LogP) is 4.70. The summed E-state index contributed by atoms with van der Waals surface area (Å²) in [6.45, 7) is 2.36. The summed E-state index contributed by atoms with van der Waals surface area (Å²) in [5, 5.41) is 11.3. The van der Waals surface area contributed by atoms with Gasteiger partial charge in [0.15, 0.2) is 0 Å². The number of carbonyl (C=O) groups is 2. The molecule has 27 heavy (non-hydrogen) atoms. The Morgan fingerprint density at radius 1 is 1.11 bits per heavy atom. The second kappa shape index (κ2) is 7.92. The molecule has 1 amide bonds. The minimum atomic E-state index is -0.757. The van der Waals surface area contributed by atoms with Gasteiger partial charge in [0.25, 0.3) is 11.7 Å². The number of amides is 1. The van der Waals surface area contributed by atoms with Gasteiger partial charge in [-0.25, -0.2) is 4.39 Å². The number of hydrogen-bond donors (Lipinski definition) is 1. The van der Waals surface area contributed by atoms with E-state index in [1.807, 2.05) is 6.92 Å². The van der Waals surface area contributed by atoms with Crippen LogP contribution in [-0.4, -0.2) is 28.2 Å². The lowest BCUT2D eigenvalue weighted by atomic mass is 9.95. The number of rotatable bonds is 5. The Hall–Kier alpha value is -2.66. The zero-order chi connectivity index (χ0) is 19.6. The maximum absolute atomic E-state index is 13.4. The number of carbonyl (C=O) groups excluding carboxylic acids is 2. The molecule has 0 aromatic heterocycles. The second-order valence-electron chi connectivity index (χ2n) is 6.40. The van der Waals surface area contributed by atoms with Crippen molar-refractivity contribution in [3.05, 3.63) is 76.1 Å². The van der Waals surface area contributed by atoms with Crippen molar-refractivity contribution < 1.29 is 19.1 Å². The summed E-state index contributed by atoms with van der Waals surface area (Å²) >= 11 is 5.89. The van der Waals surface area contributed by atoms with Gasteiger partial charge in [0.05, 0.1) is 11.6 Å². The van der Waals surface area contributed by atoms with Crippen LogP contribution in [0.15, 0.2) is 54.1 Å². The summed E-state index contributed by atoms with van der Waals surface area (Å²) in [5.41, 5.74) is 0.965. The third kappa shape index (κ3) is 3.74. The molecule has 3 rings (SSSR count). The summed E-state index contributed by atoms with van der Waals surface area (Å²) in [7, 11) is 0. The maximum Gasteiger partial charge on any atom is 0.295 e. The van der Waals surface area contributed by atoms with E-state index < -0.39 is 23.5 Å². The van der Waals surface area contributed by atoms with Gasteiger partial charge in [-0.1, -0.05) is 37.1 Å². The molecule has 0 unspecified atom stereocenters. The number of likely N-dealkylation sites (tertiary alicyclic amines) is 1. The van der Waals surface area contributed by atoms with Gasteiger partial charge < -0.3 is 10.0 Å². The highest BCUT2D eigenvalue weighted by atomic mass is 35.5. The fourth-order valence-electron chi connectivity index (χ4n) is 3.19. The van der Waals surface area contributed by atoms with Crippen LogP contribution < -0.4 is 0 Å². The highest BCUT2D eigenvalue weighted by Gasteiger charge is 2.45. The lowest BCUT2D eigenvalue weighted by Gasteiger charge is -2.25. The molecule has 1 heterocycles. The lowest BCUT2D eigenvalue weighted by molar-refractivity contribution is -0.139. The molecule has 2 aromatic rings. The van der Waals surface area contributed by atoms with E-state index in [0.29, 0.717) is 29.1 Å². The van der Waals surface area contributed by atoms with E-state index >= 15 is 0 Å². The topological polar surface area (TPSA) is 57.6 Å². The van der Waals surface area contributed by atoms with E-state index in [2.05, 4.69) is 0 Å². The fourth-order valence-corrected chi connectivity index (χ4v) is 3.32. The molecule has 1 atom stereocenters. The van der Waals surface area contributed by atoms with Crippen molar-refractivity contribution in [2.24, 2.45) is 0 Å². The van der Waals surface area contributed by atoms with Crippen molar-refractivity contribution in [3.63, 3.8) is 0 Å². The van der Waals surface area contributed by atoms with Gasteiger partial charge in [-0.2, -0.15) is 0 Å². The van der Waals surface area contributed by atoms with Crippen molar-refractivity contribution in [3.8, 4) is 0 Å². The Bertz CT molecular complexity index is 891. The van der Waals surface area contributed by atoms with E-state index in [1.54, 1.807) is 24.3 Å². The van der Waals surface area contributed by atoms with E-state index in [1.165, 1.54) is 29.2 Å². The first-order chi connectivity index (χ1) is 12.9. The number of benzene rings is 2. The summed E-state index contributed by atoms with van der Waals surface area (Å²) in [6, 6.07) is 11.2. The van der Waals surface area contributed by atoms with Gasteiger partial charge in [0, 0.05) is 17.1 Å². The first-order valence-corrected chi connectivity index (χ1v) is 9.11. The Kier molecular flexibility index (Phi) is 5.61. The molecule has 0 radical (unpaired) electrons. The van der Waals surface area contributed by atoms with Crippen LogP contribution in [0.5, 0.6) is 0 Å². The minimum absolute atomic E-state index is 0.00466. The number of Topliss-reactive ketones (excluding diaryl/α,β-unsaturated/α-hetero) is 1. The van der Waals surface area contributed by atoms with E-state index in [4.69, 9.17) is 11.6 Å². The number of ketones is 1. The Balaban J connectivity index is 2.14.